The molecule has 8 nitrogen and oxygen atoms in total. The number of nitrogens with zero attached hydrogens (tertiary/aromatic N) is 3. The third-order valence-corrected chi connectivity index (χ3v) is 5.58. The van der Waals surface area contributed by atoms with Gasteiger partial charge in [-0.1, -0.05) is 37.6 Å². The highest BCUT2D eigenvalue weighted by atomic mass is 35.5. The maximum atomic E-state index is 12.6. The largest absolute Gasteiger partial charge is 0.462 e. The molecule has 0 aliphatic carbocycles. The van der Waals surface area contributed by atoms with Crippen LogP contribution in [0.15, 0.2) is 66.7 Å². The molecular formula is C26H23ClN4O4. The number of carbonyl (C=O) groups excluding carboxylic acids is 1. The van der Waals surface area contributed by atoms with Gasteiger partial charge >= 0.3 is 6.01 Å². The molecule has 35 heavy (non-hydrogen) atoms. The molecule has 5 rings (SSSR count). The molecule has 4 aromatic rings. The molecule has 0 bridgehead atoms. The Morgan fingerprint density at radius 2 is 1.86 bits per heavy atom. The predicted molar refractivity (Wildman–Crippen MR) is 133 cm³/mol. The molecule has 3 aromatic carbocycles. The van der Waals surface area contributed by atoms with E-state index in [1.54, 1.807) is 41.1 Å². The van der Waals surface area contributed by atoms with Crippen LogP contribution >= 0.6 is 11.6 Å². The van der Waals surface area contributed by atoms with Crippen LogP contribution in [-0.4, -0.2) is 34.1 Å². The van der Waals surface area contributed by atoms with Crippen LogP contribution in [0.3, 0.4) is 0 Å². The molecule has 0 atom stereocenters. The Morgan fingerprint density at radius 1 is 1.09 bits per heavy atom. The van der Waals surface area contributed by atoms with Crippen molar-refractivity contribution in [2.75, 3.05) is 18.7 Å². The number of amides is 1. The van der Waals surface area contributed by atoms with Crippen molar-refractivity contribution in [2.45, 2.75) is 13.8 Å². The molecule has 1 N–H and O–H groups in total. The maximum absolute atomic E-state index is 12.6. The van der Waals surface area contributed by atoms with Gasteiger partial charge in [0.05, 0.1) is 22.9 Å². The monoisotopic (exact) mass is 490 g/mol. The van der Waals surface area contributed by atoms with E-state index < -0.39 is 0 Å². The van der Waals surface area contributed by atoms with Gasteiger partial charge in [-0.2, -0.15) is 4.98 Å². The lowest BCUT2D eigenvalue weighted by atomic mass is 10.2. The highest BCUT2D eigenvalue weighted by molar-refractivity contribution is 6.34. The Morgan fingerprint density at radius 3 is 2.63 bits per heavy atom. The second-order valence-electron chi connectivity index (χ2n) is 8.38. The summed E-state index contributed by atoms with van der Waals surface area (Å²) < 4.78 is 18.4. The lowest BCUT2D eigenvalue weighted by Crippen LogP contribution is -2.12. The van der Waals surface area contributed by atoms with Crippen LogP contribution in [0.4, 0.5) is 5.69 Å². The second-order valence-corrected chi connectivity index (χ2v) is 8.79. The fraction of sp³-hybridized carbons (Fsp3) is 0.192. The van der Waals surface area contributed by atoms with Crippen molar-refractivity contribution >= 4 is 23.2 Å². The Bertz CT molecular complexity index is 1370. The van der Waals surface area contributed by atoms with Gasteiger partial charge in [0.25, 0.3) is 5.91 Å². The number of carbonyl (C=O) groups is 1. The molecule has 1 aliphatic heterocycles. The first kappa shape index (κ1) is 22.7. The molecule has 1 aromatic heterocycles. The van der Waals surface area contributed by atoms with E-state index in [1.165, 1.54) is 0 Å². The van der Waals surface area contributed by atoms with Gasteiger partial charge < -0.3 is 19.5 Å². The van der Waals surface area contributed by atoms with E-state index in [4.69, 9.17) is 25.8 Å². The number of fused-ring (bicyclic) bond motifs is 1. The van der Waals surface area contributed by atoms with Crippen LogP contribution in [-0.2, 0) is 0 Å². The van der Waals surface area contributed by atoms with E-state index in [-0.39, 0.29) is 18.7 Å². The van der Waals surface area contributed by atoms with E-state index >= 15 is 0 Å². The van der Waals surface area contributed by atoms with Gasteiger partial charge in [-0.25, -0.2) is 4.68 Å². The minimum atomic E-state index is -0.283. The Balaban J connectivity index is 1.44. The summed E-state index contributed by atoms with van der Waals surface area (Å²) in [5, 5.41) is 7.84. The van der Waals surface area contributed by atoms with E-state index in [0.717, 1.165) is 11.3 Å². The molecule has 178 valence electrons. The zero-order chi connectivity index (χ0) is 24.4. The molecule has 1 amide bonds. The van der Waals surface area contributed by atoms with Crippen LogP contribution in [0.5, 0.6) is 17.5 Å². The summed E-state index contributed by atoms with van der Waals surface area (Å²) in [6.07, 6.45) is 0. The van der Waals surface area contributed by atoms with Gasteiger partial charge in [-0.15, -0.1) is 5.10 Å². The molecule has 0 unspecified atom stereocenters. The van der Waals surface area contributed by atoms with Crippen molar-refractivity contribution < 1.29 is 19.0 Å². The van der Waals surface area contributed by atoms with Gasteiger partial charge in [0.2, 0.25) is 6.79 Å². The van der Waals surface area contributed by atoms with Crippen LogP contribution in [0.2, 0.25) is 5.02 Å². The van der Waals surface area contributed by atoms with E-state index in [0.29, 0.717) is 46.1 Å². The van der Waals surface area contributed by atoms with Gasteiger partial charge in [-0.05, 0) is 60.5 Å². The first-order chi connectivity index (χ1) is 17.0. The quantitative estimate of drug-likeness (QED) is 0.362. The standard InChI is InChI=1S/C26H23ClN4O4/c1-16(2)14-33-26-29-24(17-7-12-22-23(13-17)35-15-34-22)31(30-26)19-10-8-18(9-11-19)28-25(32)20-5-3-4-6-21(20)27/h3-13,16H,14-15H2,1-2H3,(H,28,32). The number of benzene rings is 3. The summed E-state index contributed by atoms with van der Waals surface area (Å²) in [4.78, 5) is 17.2. The van der Waals surface area contributed by atoms with E-state index in [2.05, 4.69) is 29.2 Å². The normalized spacial score (nSPS) is 12.1. The van der Waals surface area contributed by atoms with Crippen molar-refractivity contribution in [2.24, 2.45) is 5.92 Å². The van der Waals surface area contributed by atoms with Crippen molar-refractivity contribution in [3.05, 3.63) is 77.3 Å². The fourth-order valence-electron chi connectivity index (χ4n) is 3.53. The Labute approximate surface area is 207 Å². The van der Waals surface area contributed by atoms with Crippen LogP contribution in [0, 0.1) is 5.92 Å². The number of ether oxygens (including phenoxy) is 3. The number of halogens is 1. The third kappa shape index (κ3) is 4.93. The number of nitrogens with one attached hydrogen (secondary N) is 1. The first-order valence-electron chi connectivity index (χ1n) is 11.1. The fourth-order valence-corrected chi connectivity index (χ4v) is 3.75. The van der Waals surface area contributed by atoms with Gasteiger partial charge in [0.1, 0.15) is 0 Å². The SMILES string of the molecule is CC(C)COc1nc(-c2ccc3c(c2)OCO3)n(-c2ccc(NC(=O)c3ccccc3Cl)cc2)n1. The minimum Gasteiger partial charge on any atom is -0.462 e. The predicted octanol–water partition coefficient (Wildman–Crippen LogP) is 5.60. The Hall–Kier alpha value is -4.04. The molecular weight excluding hydrogens is 468 g/mol. The molecule has 0 fully saturated rings. The van der Waals surface area contributed by atoms with Crippen LogP contribution in [0.1, 0.15) is 24.2 Å². The Kier molecular flexibility index (Phi) is 6.29. The lowest BCUT2D eigenvalue weighted by molar-refractivity contribution is 0.102. The van der Waals surface area contributed by atoms with Crippen molar-refractivity contribution in [3.8, 4) is 34.6 Å². The summed E-state index contributed by atoms with van der Waals surface area (Å²) >= 11 is 6.14. The number of aromatic nitrogens is 3. The highest BCUT2D eigenvalue weighted by Crippen LogP contribution is 2.36. The third-order valence-electron chi connectivity index (χ3n) is 5.25. The smallest absolute Gasteiger partial charge is 0.336 e. The molecule has 0 saturated heterocycles. The molecule has 9 heteroatoms. The van der Waals surface area contributed by atoms with Crippen molar-refractivity contribution in [1.29, 1.82) is 0 Å². The number of hydrogen-bond acceptors (Lipinski definition) is 6. The summed E-state index contributed by atoms with van der Waals surface area (Å²) in [5.41, 5.74) is 2.59. The average Bonchev–Trinajstić information content (AvgIpc) is 3.50. The zero-order valence-corrected chi connectivity index (χ0v) is 20.0. The first-order valence-corrected chi connectivity index (χ1v) is 11.5. The number of anilines is 1. The summed E-state index contributed by atoms with van der Waals surface area (Å²) in [6.45, 7) is 4.81. The number of rotatable bonds is 7. The van der Waals surface area contributed by atoms with Gasteiger partial charge in [0.15, 0.2) is 17.3 Å². The minimum absolute atomic E-state index is 0.190. The topological polar surface area (TPSA) is 87.5 Å². The van der Waals surface area contributed by atoms with Gasteiger partial charge in [-0.3, -0.25) is 4.79 Å². The maximum Gasteiger partial charge on any atom is 0.336 e. The van der Waals surface area contributed by atoms with Crippen molar-refractivity contribution in [1.82, 2.24) is 14.8 Å². The van der Waals surface area contributed by atoms with Crippen LogP contribution < -0.4 is 19.5 Å². The van der Waals surface area contributed by atoms with Crippen LogP contribution in [0.25, 0.3) is 17.1 Å². The molecule has 0 saturated carbocycles. The second kappa shape index (κ2) is 9.68. The number of hydrogen-bond donors (Lipinski definition) is 1. The zero-order valence-electron chi connectivity index (χ0n) is 19.2. The molecule has 1 aliphatic rings. The van der Waals surface area contributed by atoms with Crippen molar-refractivity contribution in [3.63, 3.8) is 0 Å². The van der Waals surface area contributed by atoms with E-state index in [1.807, 2.05) is 30.3 Å². The van der Waals surface area contributed by atoms with E-state index in [9.17, 15) is 4.79 Å². The summed E-state index contributed by atoms with van der Waals surface area (Å²) in [6, 6.07) is 20.1. The summed E-state index contributed by atoms with van der Waals surface area (Å²) in [7, 11) is 0. The summed E-state index contributed by atoms with van der Waals surface area (Å²) in [5.74, 6) is 1.98. The highest BCUT2D eigenvalue weighted by Gasteiger charge is 2.20. The molecule has 0 spiro atoms. The average molecular weight is 491 g/mol. The lowest BCUT2D eigenvalue weighted by Gasteiger charge is -2.09. The molecule has 2 heterocycles. The molecule has 0 radical (unpaired) electrons. The van der Waals surface area contributed by atoms with Gasteiger partial charge in [0, 0.05) is 11.3 Å².